The Hall–Kier alpha value is -4.40. The van der Waals surface area contributed by atoms with Crippen molar-refractivity contribution >= 4 is 17.4 Å². The van der Waals surface area contributed by atoms with E-state index in [2.05, 4.69) is 22.0 Å². The molecular weight excluding hydrogens is 446 g/mol. The van der Waals surface area contributed by atoms with Gasteiger partial charge >= 0.3 is 0 Å². The number of nitrogens with one attached hydrogen (secondary N) is 1. The summed E-state index contributed by atoms with van der Waals surface area (Å²) in [5.41, 5.74) is 2.95. The number of aromatic nitrogens is 4. The number of hydrogen-bond donors (Lipinski definition) is 1. The lowest BCUT2D eigenvalue weighted by Gasteiger charge is -2.15. The van der Waals surface area contributed by atoms with Crippen LogP contribution in [0.2, 0.25) is 0 Å². The van der Waals surface area contributed by atoms with Gasteiger partial charge in [-0.1, -0.05) is 35.9 Å². The van der Waals surface area contributed by atoms with Crippen LogP contribution >= 0.6 is 0 Å². The molecule has 0 radical (unpaired) electrons. The molecule has 0 aliphatic heterocycles. The summed E-state index contributed by atoms with van der Waals surface area (Å²) in [4.78, 5) is 31.0. The Balaban J connectivity index is 1.73. The maximum Gasteiger partial charge on any atom is 0.279 e. The van der Waals surface area contributed by atoms with E-state index < -0.39 is 0 Å². The summed E-state index contributed by atoms with van der Waals surface area (Å²) < 4.78 is 13.6. The SMILES string of the molecule is C=CCn1c(C)c(CC(=O)Nc2ccc(OC)cc2OC)c(=O)n2nc(-c3ccc(C)cc3)nc12. The molecule has 0 spiro atoms. The van der Waals surface area contributed by atoms with Crippen LogP contribution in [0.25, 0.3) is 17.2 Å². The van der Waals surface area contributed by atoms with Crippen molar-refractivity contribution in [3.8, 4) is 22.9 Å². The first-order valence-electron chi connectivity index (χ1n) is 11.0. The molecule has 0 aliphatic carbocycles. The molecule has 4 rings (SSSR count). The summed E-state index contributed by atoms with van der Waals surface area (Å²) in [7, 11) is 3.06. The molecule has 0 atom stereocenters. The highest BCUT2D eigenvalue weighted by molar-refractivity contribution is 5.94. The van der Waals surface area contributed by atoms with E-state index >= 15 is 0 Å². The average Bonchev–Trinajstić information content (AvgIpc) is 3.30. The molecule has 0 saturated carbocycles. The third-order valence-electron chi connectivity index (χ3n) is 5.77. The number of fused-ring (bicyclic) bond motifs is 1. The van der Waals surface area contributed by atoms with Gasteiger partial charge in [0.05, 0.1) is 26.3 Å². The number of nitrogens with zero attached hydrogens (tertiary/aromatic N) is 4. The molecule has 0 aliphatic rings. The Bertz CT molecular complexity index is 1470. The van der Waals surface area contributed by atoms with Crippen molar-refractivity contribution in [2.24, 2.45) is 0 Å². The largest absolute Gasteiger partial charge is 0.497 e. The van der Waals surface area contributed by atoms with Gasteiger partial charge in [-0.15, -0.1) is 11.7 Å². The fraction of sp³-hybridized carbons (Fsp3) is 0.231. The molecule has 1 N–H and O–H groups in total. The predicted molar refractivity (Wildman–Crippen MR) is 134 cm³/mol. The van der Waals surface area contributed by atoms with E-state index in [0.717, 1.165) is 11.1 Å². The Labute approximate surface area is 202 Å². The Morgan fingerprint density at radius 2 is 1.86 bits per heavy atom. The van der Waals surface area contributed by atoms with Crippen LogP contribution in [0.15, 0.2) is 59.9 Å². The number of anilines is 1. The lowest BCUT2D eigenvalue weighted by molar-refractivity contribution is -0.115. The smallest absolute Gasteiger partial charge is 0.279 e. The van der Waals surface area contributed by atoms with Gasteiger partial charge in [0.15, 0.2) is 5.82 Å². The quantitative estimate of drug-likeness (QED) is 0.393. The lowest BCUT2D eigenvalue weighted by Crippen LogP contribution is -2.29. The second kappa shape index (κ2) is 9.84. The number of methoxy groups -OCH3 is 2. The van der Waals surface area contributed by atoms with Crippen LogP contribution in [0, 0.1) is 13.8 Å². The fourth-order valence-corrected chi connectivity index (χ4v) is 3.84. The maximum atomic E-state index is 13.4. The molecule has 0 unspecified atom stereocenters. The van der Waals surface area contributed by atoms with Crippen LogP contribution in [0.3, 0.4) is 0 Å². The van der Waals surface area contributed by atoms with Gasteiger partial charge in [0.1, 0.15) is 11.5 Å². The molecule has 9 heteroatoms. The average molecular weight is 474 g/mol. The topological polar surface area (TPSA) is 99.8 Å². The molecule has 4 aromatic rings. The first-order chi connectivity index (χ1) is 16.9. The summed E-state index contributed by atoms with van der Waals surface area (Å²) in [6.45, 7) is 8.02. The predicted octanol–water partition coefficient (Wildman–Crippen LogP) is 3.56. The van der Waals surface area contributed by atoms with E-state index in [4.69, 9.17) is 9.47 Å². The summed E-state index contributed by atoms with van der Waals surface area (Å²) in [6, 6.07) is 12.8. The second-order valence-electron chi connectivity index (χ2n) is 8.07. The Kier molecular flexibility index (Phi) is 6.68. The van der Waals surface area contributed by atoms with Crippen molar-refractivity contribution in [1.29, 1.82) is 0 Å². The van der Waals surface area contributed by atoms with E-state index in [1.807, 2.05) is 35.8 Å². The summed E-state index contributed by atoms with van der Waals surface area (Å²) in [5, 5.41) is 7.29. The van der Waals surface area contributed by atoms with Crippen molar-refractivity contribution in [3.63, 3.8) is 0 Å². The van der Waals surface area contributed by atoms with Gasteiger partial charge in [0, 0.05) is 29.4 Å². The number of aryl methyl sites for hydroxylation is 1. The van der Waals surface area contributed by atoms with Crippen molar-refractivity contribution in [3.05, 3.63) is 82.3 Å². The monoisotopic (exact) mass is 473 g/mol. The van der Waals surface area contributed by atoms with Crippen LogP contribution < -0.4 is 20.3 Å². The highest BCUT2D eigenvalue weighted by atomic mass is 16.5. The standard InChI is InChI=1S/C26H27N5O4/c1-6-13-30-17(3)20(15-23(32)27-21-12-11-19(34-4)14-22(21)35-5)25(33)31-26(30)28-24(29-31)18-9-7-16(2)8-10-18/h6-12,14H,1,13,15H2,2-5H3,(H,27,32). The van der Waals surface area contributed by atoms with Crippen LogP contribution in [-0.4, -0.2) is 39.3 Å². The van der Waals surface area contributed by atoms with Crippen LogP contribution in [-0.2, 0) is 17.8 Å². The summed E-state index contributed by atoms with van der Waals surface area (Å²) in [5.74, 6) is 1.52. The number of carbonyl (C=O) groups is 1. The number of benzene rings is 2. The molecule has 2 aromatic heterocycles. The number of allylic oxidation sites excluding steroid dienone is 1. The van der Waals surface area contributed by atoms with Crippen molar-refractivity contribution in [1.82, 2.24) is 19.2 Å². The number of amides is 1. The van der Waals surface area contributed by atoms with Gasteiger partial charge in [0.2, 0.25) is 11.7 Å². The van der Waals surface area contributed by atoms with Gasteiger partial charge in [-0.3, -0.25) is 9.59 Å². The van der Waals surface area contributed by atoms with E-state index in [1.54, 1.807) is 38.3 Å². The van der Waals surface area contributed by atoms with E-state index in [1.165, 1.54) is 11.6 Å². The normalized spacial score (nSPS) is 10.9. The molecule has 2 heterocycles. The number of rotatable bonds is 8. The van der Waals surface area contributed by atoms with Crippen LogP contribution in [0.4, 0.5) is 5.69 Å². The first-order valence-corrected chi connectivity index (χ1v) is 11.0. The number of hydrogen-bond acceptors (Lipinski definition) is 6. The van der Waals surface area contributed by atoms with Crippen molar-refractivity contribution in [2.75, 3.05) is 19.5 Å². The highest BCUT2D eigenvalue weighted by Crippen LogP contribution is 2.29. The van der Waals surface area contributed by atoms with Gasteiger partial charge in [0.25, 0.3) is 5.56 Å². The molecule has 0 bridgehead atoms. The highest BCUT2D eigenvalue weighted by Gasteiger charge is 2.21. The zero-order valence-electron chi connectivity index (χ0n) is 20.2. The van der Waals surface area contributed by atoms with Gasteiger partial charge in [-0.2, -0.15) is 9.50 Å². The van der Waals surface area contributed by atoms with E-state index in [-0.39, 0.29) is 17.9 Å². The Morgan fingerprint density at radius 1 is 1.11 bits per heavy atom. The molecule has 0 fully saturated rings. The van der Waals surface area contributed by atoms with Gasteiger partial charge in [-0.25, -0.2) is 0 Å². The minimum Gasteiger partial charge on any atom is -0.497 e. The second-order valence-corrected chi connectivity index (χ2v) is 8.07. The molecular formula is C26H27N5O4. The molecule has 180 valence electrons. The molecule has 2 aromatic carbocycles. The lowest BCUT2D eigenvalue weighted by atomic mass is 10.1. The van der Waals surface area contributed by atoms with Crippen LogP contribution in [0.5, 0.6) is 11.5 Å². The fourth-order valence-electron chi connectivity index (χ4n) is 3.84. The molecule has 1 amide bonds. The Morgan fingerprint density at radius 3 is 2.51 bits per heavy atom. The van der Waals surface area contributed by atoms with Crippen molar-refractivity contribution < 1.29 is 14.3 Å². The first kappa shape index (κ1) is 23.7. The minimum atomic E-state index is -0.388. The third kappa shape index (κ3) is 4.65. The van der Waals surface area contributed by atoms with E-state index in [0.29, 0.717) is 46.6 Å². The number of carbonyl (C=O) groups excluding carboxylic acids is 1. The zero-order valence-corrected chi connectivity index (χ0v) is 20.2. The van der Waals surface area contributed by atoms with Crippen LogP contribution in [0.1, 0.15) is 16.8 Å². The van der Waals surface area contributed by atoms with Gasteiger partial charge < -0.3 is 19.4 Å². The minimum absolute atomic E-state index is 0.146. The summed E-state index contributed by atoms with van der Waals surface area (Å²) in [6.07, 6.45) is 1.57. The van der Waals surface area contributed by atoms with Crippen molar-refractivity contribution in [2.45, 2.75) is 26.8 Å². The molecule has 35 heavy (non-hydrogen) atoms. The molecule has 9 nitrogen and oxygen atoms in total. The van der Waals surface area contributed by atoms with Gasteiger partial charge in [-0.05, 0) is 26.0 Å². The third-order valence-corrected chi connectivity index (χ3v) is 5.77. The van der Waals surface area contributed by atoms with E-state index in [9.17, 15) is 9.59 Å². The number of ether oxygens (including phenoxy) is 2. The maximum absolute atomic E-state index is 13.4. The zero-order chi connectivity index (χ0) is 25.1. The molecule has 0 saturated heterocycles. The summed E-state index contributed by atoms with van der Waals surface area (Å²) >= 11 is 0.